The Bertz CT molecular complexity index is 3300. The van der Waals surface area contributed by atoms with E-state index in [0.717, 1.165) is 78.0 Å². The molecule has 0 aliphatic carbocycles. The third kappa shape index (κ3) is 6.69. The minimum absolute atomic E-state index is 0.811. The molecule has 0 aliphatic rings. The summed E-state index contributed by atoms with van der Waals surface area (Å²) in [6.45, 7) is 0. The molecule has 0 spiro atoms. The van der Waals surface area contributed by atoms with Gasteiger partial charge in [0.15, 0.2) is 0 Å². The average molecular weight is 781 g/mol. The van der Waals surface area contributed by atoms with E-state index in [9.17, 15) is 0 Å². The molecule has 0 saturated heterocycles. The molecular weight excluding hydrogens is 741 g/mol. The third-order valence-corrected chi connectivity index (χ3v) is 11.6. The smallest absolute Gasteiger partial charge is 0.143 e. The van der Waals surface area contributed by atoms with Gasteiger partial charge in [-0.3, -0.25) is 0 Å². The number of nitrogens with zero attached hydrogens (tertiary/aromatic N) is 2. The molecule has 0 N–H and O–H groups in total. The zero-order chi connectivity index (χ0) is 40.5. The molecule has 3 heteroatoms. The predicted molar refractivity (Wildman–Crippen MR) is 257 cm³/mol. The molecule has 0 bridgehead atoms. The van der Waals surface area contributed by atoms with Gasteiger partial charge in [0.1, 0.15) is 11.2 Å². The molecule has 0 unspecified atom stereocenters. The zero-order valence-electron chi connectivity index (χ0n) is 33.4. The lowest BCUT2D eigenvalue weighted by atomic mass is 9.94. The molecular formula is C58H40N2O. The molecule has 1 heterocycles. The van der Waals surface area contributed by atoms with Gasteiger partial charge in [0, 0.05) is 39.6 Å². The van der Waals surface area contributed by atoms with Crippen molar-refractivity contribution in [1.29, 1.82) is 0 Å². The maximum absolute atomic E-state index is 7.09. The molecule has 0 aliphatic heterocycles. The monoisotopic (exact) mass is 780 g/mol. The van der Waals surface area contributed by atoms with Crippen LogP contribution in [0.4, 0.5) is 34.1 Å². The maximum atomic E-state index is 7.09. The van der Waals surface area contributed by atoms with Crippen LogP contribution < -0.4 is 9.80 Å². The summed E-state index contributed by atoms with van der Waals surface area (Å²) in [5, 5.41) is 4.35. The van der Waals surface area contributed by atoms with Crippen LogP contribution in [0, 0.1) is 0 Å². The van der Waals surface area contributed by atoms with E-state index >= 15 is 0 Å². The Hall–Kier alpha value is -8.14. The Kier molecular flexibility index (Phi) is 9.18. The van der Waals surface area contributed by atoms with Crippen molar-refractivity contribution in [2.75, 3.05) is 9.80 Å². The second-order valence-electron chi connectivity index (χ2n) is 15.3. The van der Waals surface area contributed by atoms with Crippen molar-refractivity contribution >= 4 is 66.8 Å². The standard InChI is InChI=1S/C58H40N2O/c1-5-19-41(20-6-1)44-24-17-30-48(37-44)59(46-26-9-3-10-27-46)50-39-55(57-54-36-35-43-23-13-14-34-53(43)58(54)61-56(57)40-50)60(47-28-11-4-12-29-47)49-31-18-25-45(38-49)52-33-16-15-32-51(52)42-21-7-2-8-22-42/h1-40H. The van der Waals surface area contributed by atoms with E-state index in [2.05, 4.69) is 252 Å². The van der Waals surface area contributed by atoms with E-state index in [0.29, 0.717) is 0 Å². The number of hydrogen-bond donors (Lipinski definition) is 0. The van der Waals surface area contributed by atoms with E-state index < -0.39 is 0 Å². The molecule has 0 saturated carbocycles. The van der Waals surface area contributed by atoms with Crippen molar-refractivity contribution in [2.24, 2.45) is 0 Å². The highest BCUT2D eigenvalue weighted by Gasteiger charge is 2.25. The Balaban J connectivity index is 1.19. The van der Waals surface area contributed by atoms with Gasteiger partial charge in [0.2, 0.25) is 0 Å². The minimum Gasteiger partial charge on any atom is -0.455 e. The highest BCUT2D eigenvalue weighted by Crippen LogP contribution is 2.49. The molecule has 11 aromatic rings. The van der Waals surface area contributed by atoms with Crippen LogP contribution in [-0.2, 0) is 0 Å². The summed E-state index contributed by atoms with van der Waals surface area (Å²) in [4.78, 5) is 4.74. The van der Waals surface area contributed by atoms with E-state index in [-0.39, 0.29) is 0 Å². The zero-order valence-corrected chi connectivity index (χ0v) is 33.4. The minimum atomic E-state index is 0.811. The van der Waals surface area contributed by atoms with Gasteiger partial charge in [0.25, 0.3) is 0 Å². The molecule has 0 fully saturated rings. The van der Waals surface area contributed by atoms with Crippen molar-refractivity contribution < 1.29 is 4.42 Å². The van der Waals surface area contributed by atoms with Gasteiger partial charge in [-0.2, -0.15) is 0 Å². The van der Waals surface area contributed by atoms with Crippen LogP contribution in [0.15, 0.2) is 247 Å². The van der Waals surface area contributed by atoms with Crippen LogP contribution in [0.25, 0.3) is 66.1 Å². The second-order valence-corrected chi connectivity index (χ2v) is 15.3. The summed E-state index contributed by atoms with van der Waals surface area (Å²) in [6, 6.07) is 86.5. The molecule has 10 aromatic carbocycles. The van der Waals surface area contributed by atoms with Crippen LogP contribution in [-0.4, -0.2) is 0 Å². The number of para-hydroxylation sites is 2. The number of rotatable bonds is 9. The Morgan fingerprint density at radius 3 is 1.51 bits per heavy atom. The predicted octanol–water partition coefficient (Wildman–Crippen LogP) is 16.7. The fourth-order valence-electron chi connectivity index (χ4n) is 8.80. The Morgan fingerprint density at radius 1 is 0.295 bits per heavy atom. The highest BCUT2D eigenvalue weighted by molar-refractivity contribution is 6.20. The highest BCUT2D eigenvalue weighted by atomic mass is 16.3. The van der Waals surface area contributed by atoms with Gasteiger partial charge in [-0.25, -0.2) is 0 Å². The number of benzene rings is 10. The van der Waals surface area contributed by atoms with E-state index in [1.807, 2.05) is 0 Å². The van der Waals surface area contributed by atoms with Crippen LogP contribution in [0.3, 0.4) is 0 Å². The molecule has 288 valence electrons. The number of anilines is 6. The molecule has 0 amide bonds. The fourth-order valence-corrected chi connectivity index (χ4v) is 8.80. The van der Waals surface area contributed by atoms with Gasteiger partial charge >= 0.3 is 0 Å². The van der Waals surface area contributed by atoms with Crippen molar-refractivity contribution in [3.8, 4) is 33.4 Å². The van der Waals surface area contributed by atoms with Gasteiger partial charge in [-0.1, -0.05) is 176 Å². The Morgan fingerprint density at radius 2 is 0.803 bits per heavy atom. The maximum Gasteiger partial charge on any atom is 0.143 e. The molecule has 61 heavy (non-hydrogen) atoms. The SMILES string of the molecule is c1ccc(-c2cccc(N(c3ccccc3)c3cc(N(c4ccccc4)c4cccc(-c5ccccc5-c5ccccc5)c4)c4c(c3)oc3c5ccccc5ccc34)c2)cc1. The summed E-state index contributed by atoms with van der Waals surface area (Å²) >= 11 is 0. The van der Waals surface area contributed by atoms with Crippen molar-refractivity contribution in [3.63, 3.8) is 0 Å². The first-order valence-corrected chi connectivity index (χ1v) is 20.8. The van der Waals surface area contributed by atoms with E-state index in [1.54, 1.807) is 0 Å². The molecule has 11 rings (SSSR count). The topological polar surface area (TPSA) is 19.6 Å². The van der Waals surface area contributed by atoms with E-state index in [4.69, 9.17) is 4.42 Å². The van der Waals surface area contributed by atoms with Crippen LogP contribution in [0.2, 0.25) is 0 Å². The fraction of sp³-hybridized carbons (Fsp3) is 0. The second kappa shape index (κ2) is 15.6. The van der Waals surface area contributed by atoms with Crippen molar-refractivity contribution in [2.45, 2.75) is 0 Å². The van der Waals surface area contributed by atoms with Crippen molar-refractivity contribution in [3.05, 3.63) is 243 Å². The summed E-state index contributed by atoms with van der Waals surface area (Å²) in [7, 11) is 0. The van der Waals surface area contributed by atoms with Gasteiger partial charge in [-0.05, 0) is 99.4 Å². The lowest BCUT2D eigenvalue weighted by Gasteiger charge is -2.30. The lowest BCUT2D eigenvalue weighted by molar-refractivity contribution is 0.673. The third-order valence-electron chi connectivity index (χ3n) is 11.6. The normalized spacial score (nSPS) is 11.3. The number of furan rings is 1. The number of fused-ring (bicyclic) bond motifs is 5. The number of hydrogen-bond acceptors (Lipinski definition) is 3. The van der Waals surface area contributed by atoms with E-state index in [1.165, 1.54) is 22.3 Å². The summed E-state index contributed by atoms with van der Waals surface area (Å²) < 4.78 is 7.09. The summed E-state index contributed by atoms with van der Waals surface area (Å²) in [6.07, 6.45) is 0. The first kappa shape index (κ1) is 36.0. The first-order chi connectivity index (χ1) is 30.3. The molecule has 3 nitrogen and oxygen atoms in total. The van der Waals surface area contributed by atoms with Crippen LogP contribution >= 0.6 is 0 Å². The molecule has 0 atom stereocenters. The molecule has 1 aromatic heterocycles. The average Bonchev–Trinajstić information content (AvgIpc) is 3.73. The Labute approximate surface area is 355 Å². The largest absolute Gasteiger partial charge is 0.455 e. The first-order valence-electron chi connectivity index (χ1n) is 20.8. The summed E-state index contributed by atoms with van der Waals surface area (Å²) in [5.41, 5.74) is 14.9. The van der Waals surface area contributed by atoms with Gasteiger partial charge in [0.05, 0.1) is 16.8 Å². The van der Waals surface area contributed by atoms with Gasteiger partial charge < -0.3 is 14.2 Å². The van der Waals surface area contributed by atoms with Crippen molar-refractivity contribution in [1.82, 2.24) is 0 Å². The quantitative estimate of drug-likeness (QED) is 0.145. The summed E-state index contributed by atoms with van der Waals surface area (Å²) in [5.74, 6) is 0. The lowest BCUT2D eigenvalue weighted by Crippen LogP contribution is -2.13. The molecule has 0 radical (unpaired) electrons. The van der Waals surface area contributed by atoms with Gasteiger partial charge in [-0.15, -0.1) is 0 Å². The van der Waals surface area contributed by atoms with Crippen LogP contribution in [0.5, 0.6) is 0 Å². The van der Waals surface area contributed by atoms with Crippen LogP contribution in [0.1, 0.15) is 0 Å².